The molecule has 0 aliphatic rings. The number of carbonyl (C=O) groups excluding carboxylic acids is 1. The normalized spacial score (nSPS) is 11.5. The number of carbonyl (C=O) groups is 1. The van der Waals surface area contributed by atoms with Gasteiger partial charge in [0.15, 0.2) is 0 Å². The average Bonchev–Trinajstić information content (AvgIpc) is 2.99. The van der Waals surface area contributed by atoms with Gasteiger partial charge in [-0.15, -0.1) is 11.3 Å². The van der Waals surface area contributed by atoms with Crippen molar-refractivity contribution in [1.29, 1.82) is 0 Å². The molecule has 5 heteroatoms. The summed E-state index contributed by atoms with van der Waals surface area (Å²) in [6.07, 6.45) is 0.114. The molecule has 1 N–H and O–H groups in total. The third-order valence-corrected chi connectivity index (χ3v) is 3.67. The molecule has 0 atom stereocenters. The van der Waals surface area contributed by atoms with E-state index in [2.05, 4.69) is 10.5 Å². The van der Waals surface area contributed by atoms with Crippen molar-refractivity contribution in [2.75, 3.05) is 0 Å². The summed E-state index contributed by atoms with van der Waals surface area (Å²) in [5, 5.41) is 6.09. The second-order valence-electron chi connectivity index (χ2n) is 4.81. The smallest absolute Gasteiger partial charge is 0.271 e. The number of amides is 1. The lowest BCUT2D eigenvalue weighted by Gasteiger charge is -2.09. The van der Waals surface area contributed by atoms with Crippen molar-refractivity contribution >= 4 is 23.0 Å². The average molecular weight is 302 g/mol. The number of ether oxygens (including phenoxy) is 1. The summed E-state index contributed by atoms with van der Waals surface area (Å²) < 4.78 is 5.54. The Labute approximate surface area is 128 Å². The van der Waals surface area contributed by atoms with E-state index in [1.54, 1.807) is 35.6 Å². The van der Waals surface area contributed by atoms with Gasteiger partial charge >= 0.3 is 0 Å². The first-order chi connectivity index (χ1) is 10.1. The van der Waals surface area contributed by atoms with Crippen LogP contribution in [-0.4, -0.2) is 17.7 Å². The minimum Gasteiger partial charge on any atom is -0.491 e. The van der Waals surface area contributed by atoms with Crippen molar-refractivity contribution in [2.24, 2.45) is 5.10 Å². The van der Waals surface area contributed by atoms with Gasteiger partial charge in [0.1, 0.15) is 5.75 Å². The van der Waals surface area contributed by atoms with E-state index < -0.39 is 0 Å². The fraction of sp³-hybridized carbons (Fsp3) is 0.250. The maximum Gasteiger partial charge on any atom is 0.271 e. The maximum absolute atomic E-state index is 12.0. The molecule has 1 heterocycles. The Morgan fingerprint density at radius 1 is 1.24 bits per heavy atom. The van der Waals surface area contributed by atoms with Crippen LogP contribution in [0.25, 0.3) is 0 Å². The molecule has 4 nitrogen and oxygen atoms in total. The maximum atomic E-state index is 12.0. The highest BCUT2D eigenvalue weighted by molar-refractivity contribution is 7.12. The Kier molecular flexibility index (Phi) is 5.11. The highest BCUT2D eigenvalue weighted by Gasteiger charge is 2.06. The molecule has 0 aliphatic carbocycles. The van der Waals surface area contributed by atoms with Crippen LogP contribution in [0.2, 0.25) is 0 Å². The zero-order valence-electron chi connectivity index (χ0n) is 12.3. The summed E-state index contributed by atoms with van der Waals surface area (Å²) in [7, 11) is 0. The molecule has 0 fully saturated rings. The van der Waals surface area contributed by atoms with Crippen LogP contribution in [0.4, 0.5) is 0 Å². The van der Waals surface area contributed by atoms with Crippen molar-refractivity contribution < 1.29 is 9.53 Å². The van der Waals surface area contributed by atoms with Gasteiger partial charge in [-0.3, -0.25) is 4.79 Å². The molecule has 0 unspecified atom stereocenters. The SMILES string of the molecule is C/C(=N/NC(=O)c1ccc(OC(C)C)cc1)c1cccs1. The van der Waals surface area contributed by atoms with E-state index >= 15 is 0 Å². The summed E-state index contributed by atoms with van der Waals surface area (Å²) >= 11 is 1.59. The molecule has 0 saturated heterocycles. The summed E-state index contributed by atoms with van der Waals surface area (Å²) in [6.45, 7) is 5.79. The first-order valence-electron chi connectivity index (χ1n) is 6.71. The van der Waals surface area contributed by atoms with E-state index in [-0.39, 0.29) is 12.0 Å². The number of nitrogens with one attached hydrogen (secondary N) is 1. The van der Waals surface area contributed by atoms with Gasteiger partial charge in [0.2, 0.25) is 0 Å². The van der Waals surface area contributed by atoms with Gasteiger partial charge in [-0.05, 0) is 56.5 Å². The van der Waals surface area contributed by atoms with Gasteiger partial charge < -0.3 is 4.74 Å². The molecule has 0 bridgehead atoms. The van der Waals surface area contributed by atoms with Gasteiger partial charge in [0, 0.05) is 10.4 Å². The van der Waals surface area contributed by atoms with Gasteiger partial charge in [0.25, 0.3) is 5.91 Å². The summed E-state index contributed by atoms with van der Waals surface area (Å²) in [6, 6.07) is 10.9. The molecule has 2 aromatic rings. The highest BCUT2D eigenvalue weighted by atomic mass is 32.1. The van der Waals surface area contributed by atoms with Crippen molar-refractivity contribution in [3.05, 3.63) is 52.2 Å². The lowest BCUT2D eigenvalue weighted by molar-refractivity contribution is 0.0955. The van der Waals surface area contributed by atoms with Crippen LogP contribution in [0, 0.1) is 0 Å². The fourth-order valence-electron chi connectivity index (χ4n) is 1.70. The van der Waals surface area contributed by atoms with Crippen LogP contribution in [0.5, 0.6) is 5.75 Å². The molecule has 0 radical (unpaired) electrons. The lowest BCUT2D eigenvalue weighted by Crippen LogP contribution is -2.19. The molecule has 1 aromatic carbocycles. The number of thiophene rings is 1. The van der Waals surface area contributed by atoms with E-state index in [0.29, 0.717) is 5.56 Å². The van der Waals surface area contributed by atoms with E-state index in [9.17, 15) is 4.79 Å². The number of hydrazone groups is 1. The topological polar surface area (TPSA) is 50.7 Å². The molecule has 1 amide bonds. The van der Waals surface area contributed by atoms with Gasteiger partial charge in [-0.25, -0.2) is 5.43 Å². The van der Waals surface area contributed by atoms with Crippen molar-refractivity contribution in [3.8, 4) is 5.75 Å². The van der Waals surface area contributed by atoms with Crippen LogP contribution < -0.4 is 10.2 Å². The van der Waals surface area contributed by atoms with Crippen molar-refractivity contribution in [1.82, 2.24) is 5.43 Å². The molecule has 1 aromatic heterocycles. The summed E-state index contributed by atoms with van der Waals surface area (Å²) in [5.41, 5.74) is 3.90. The van der Waals surface area contributed by atoms with Crippen molar-refractivity contribution in [3.63, 3.8) is 0 Å². The van der Waals surface area contributed by atoms with Crippen LogP contribution in [0.3, 0.4) is 0 Å². The fourth-order valence-corrected chi connectivity index (χ4v) is 2.37. The van der Waals surface area contributed by atoms with Crippen LogP contribution in [0.1, 0.15) is 36.0 Å². The molecular formula is C16H18N2O2S. The minimum atomic E-state index is -0.234. The number of nitrogens with zero attached hydrogens (tertiary/aromatic N) is 1. The van der Waals surface area contributed by atoms with E-state index in [4.69, 9.17) is 4.74 Å². The molecule has 21 heavy (non-hydrogen) atoms. The first-order valence-corrected chi connectivity index (χ1v) is 7.59. The van der Waals surface area contributed by atoms with Gasteiger partial charge in [-0.1, -0.05) is 6.07 Å². The Bertz CT molecular complexity index is 616. The summed E-state index contributed by atoms with van der Waals surface area (Å²) in [5.74, 6) is 0.516. The van der Waals surface area contributed by atoms with Gasteiger partial charge in [0.05, 0.1) is 11.8 Å². The number of hydrogen-bond acceptors (Lipinski definition) is 4. The first kappa shape index (κ1) is 15.3. The van der Waals surface area contributed by atoms with Crippen molar-refractivity contribution in [2.45, 2.75) is 26.9 Å². The number of hydrogen-bond donors (Lipinski definition) is 1. The zero-order valence-corrected chi connectivity index (χ0v) is 13.1. The monoisotopic (exact) mass is 302 g/mol. The molecule has 0 saturated carbocycles. The van der Waals surface area contributed by atoms with E-state index in [0.717, 1.165) is 16.3 Å². The minimum absolute atomic E-state index is 0.114. The predicted octanol–water partition coefficient (Wildman–Crippen LogP) is 3.69. The van der Waals surface area contributed by atoms with Crippen LogP contribution >= 0.6 is 11.3 Å². The zero-order chi connectivity index (χ0) is 15.2. The van der Waals surface area contributed by atoms with E-state index in [1.165, 1.54) is 0 Å². The quantitative estimate of drug-likeness (QED) is 0.676. The van der Waals surface area contributed by atoms with Crippen LogP contribution in [0.15, 0.2) is 46.9 Å². The second-order valence-corrected chi connectivity index (χ2v) is 5.75. The third kappa shape index (κ3) is 4.43. The number of benzene rings is 1. The standard InChI is InChI=1S/C16H18N2O2S/c1-11(2)20-14-8-6-13(7-9-14)16(19)18-17-12(3)15-5-4-10-21-15/h4-11H,1-3H3,(H,18,19)/b17-12-. The predicted molar refractivity (Wildman–Crippen MR) is 86.2 cm³/mol. The van der Waals surface area contributed by atoms with Gasteiger partial charge in [-0.2, -0.15) is 5.10 Å². The Morgan fingerprint density at radius 3 is 2.52 bits per heavy atom. The Morgan fingerprint density at radius 2 is 1.95 bits per heavy atom. The summed E-state index contributed by atoms with van der Waals surface area (Å²) in [4.78, 5) is 13.0. The highest BCUT2D eigenvalue weighted by Crippen LogP contribution is 2.14. The largest absolute Gasteiger partial charge is 0.491 e. The molecule has 0 spiro atoms. The second kappa shape index (κ2) is 7.04. The lowest BCUT2D eigenvalue weighted by atomic mass is 10.2. The third-order valence-electron chi connectivity index (χ3n) is 2.69. The Balaban J connectivity index is 1.99. The van der Waals surface area contributed by atoms with Crippen LogP contribution in [-0.2, 0) is 0 Å². The number of rotatable bonds is 5. The molecule has 2 rings (SSSR count). The Hall–Kier alpha value is -2.14. The van der Waals surface area contributed by atoms with E-state index in [1.807, 2.05) is 38.3 Å². The molecule has 110 valence electrons. The molecule has 0 aliphatic heterocycles. The molecular weight excluding hydrogens is 284 g/mol.